The summed E-state index contributed by atoms with van der Waals surface area (Å²) in [5.41, 5.74) is -1.29. The molecule has 1 aromatic heterocycles. The fraction of sp³-hybridized carbons (Fsp3) is 0.167. The lowest BCUT2D eigenvalue weighted by Crippen LogP contribution is -2.13. The molecule has 0 saturated carbocycles. The minimum absolute atomic E-state index is 0.364. The number of methoxy groups -OCH3 is 1. The summed E-state index contributed by atoms with van der Waals surface area (Å²) in [6.07, 6.45) is 0.740. The summed E-state index contributed by atoms with van der Waals surface area (Å²) in [6, 6.07) is 0. The zero-order valence-corrected chi connectivity index (χ0v) is 5.65. The van der Waals surface area contributed by atoms with Crippen LogP contribution in [0, 0.1) is 11.6 Å². The van der Waals surface area contributed by atoms with Gasteiger partial charge in [-0.2, -0.15) is 4.39 Å². The Morgan fingerprint density at radius 2 is 2.18 bits per heavy atom. The van der Waals surface area contributed by atoms with Gasteiger partial charge in [-0.05, 0) is 0 Å². The van der Waals surface area contributed by atoms with E-state index < -0.39 is 17.1 Å². The highest BCUT2D eigenvalue weighted by molar-refractivity contribution is 5.14. The maximum absolute atomic E-state index is 12.6. The summed E-state index contributed by atoms with van der Waals surface area (Å²) in [4.78, 5) is 12.6. The number of rotatable bonds is 1. The summed E-state index contributed by atoms with van der Waals surface area (Å²) in [5, 5.41) is 0. The second-order valence-electron chi connectivity index (χ2n) is 1.81. The molecule has 0 aliphatic heterocycles. The molecule has 0 unspecified atom stereocenters. The highest BCUT2D eigenvalue weighted by Gasteiger charge is 2.10. The molecule has 1 rings (SSSR count). The first-order valence-electron chi connectivity index (χ1n) is 2.77. The lowest BCUT2D eigenvalue weighted by Gasteiger charge is -1.98. The van der Waals surface area contributed by atoms with Crippen molar-refractivity contribution >= 4 is 0 Å². The van der Waals surface area contributed by atoms with Crippen LogP contribution in [-0.4, -0.2) is 12.1 Å². The van der Waals surface area contributed by atoms with Crippen LogP contribution in [0.5, 0.6) is 5.88 Å². The molecular weight excluding hydrogens is 156 g/mol. The van der Waals surface area contributed by atoms with Crippen molar-refractivity contribution in [1.82, 2.24) is 4.98 Å². The van der Waals surface area contributed by atoms with Crippen molar-refractivity contribution in [1.29, 1.82) is 0 Å². The van der Waals surface area contributed by atoms with Gasteiger partial charge in [-0.15, -0.1) is 0 Å². The highest BCUT2D eigenvalue weighted by atomic mass is 19.1. The van der Waals surface area contributed by atoms with Crippen LogP contribution in [0.3, 0.4) is 0 Å². The topological polar surface area (TPSA) is 42.1 Å². The van der Waals surface area contributed by atoms with Gasteiger partial charge >= 0.3 is 0 Å². The molecule has 0 atom stereocenters. The number of hydrogen-bond acceptors (Lipinski definition) is 2. The van der Waals surface area contributed by atoms with Crippen molar-refractivity contribution in [3.63, 3.8) is 0 Å². The minimum atomic E-state index is -1.29. The summed E-state index contributed by atoms with van der Waals surface area (Å²) < 4.78 is 29.2. The van der Waals surface area contributed by atoms with E-state index in [0.29, 0.717) is 0 Å². The van der Waals surface area contributed by atoms with Crippen LogP contribution in [0.25, 0.3) is 0 Å². The van der Waals surface area contributed by atoms with Crippen LogP contribution in [0.2, 0.25) is 0 Å². The van der Waals surface area contributed by atoms with Gasteiger partial charge in [0.2, 0.25) is 11.7 Å². The second kappa shape index (κ2) is 2.69. The number of halogens is 2. The van der Waals surface area contributed by atoms with Crippen LogP contribution >= 0.6 is 0 Å². The molecule has 1 aromatic rings. The van der Waals surface area contributed by atoms with Gasteiger partial charge in [0.05, 0.1) is 7.11 Å². The molecule has 0 aliphatic rings. The average molecular weight is 161 g/mol. The van der Waals surface area contributed by atoms with E-state index in [-0.39, 0.29) is 5.88 Å². The van der Waals surface area contributed by atoms with Crippen LogP contribution < -0.4 is 10.2 Å². The first-order valence-corrected chi connectivity index (χ1v) is 2.77. The van der Waals surface area contributed by atoms with E-state index in [9.17, 15) is 13.6 Å². The Balaban J connectivity index is 3.37. The molecule has 0 bridgehead atoms. The van der Waals surface area contributed by atoms with Crippen molar-refractivity contribution in [2.75, 3.05) is 7.11 Å². The number of ether oxygens (including phenoxy) is 1. The molecule has 1 heterocycles. The van der Waals surface area contributed by atoms with Crippen LogP contribution in [-0.2, 0) is 0 Å². The van der Waals surface area contributed by atoms with Crippen LogP contribution in [0.4, 0.5) is 8.78 Å². The Hall–Kier alpha value is -1.39. The van der Waals surface area contributed by atoms with Crippen molar-refractivity contribution in [2.45, 2.75) is 0 Å². The van der Waals surface area contributed by atoms with Gasteiger partial charge in [0.25, 0.3) is 5.43 Å². The van der Waals surface area contributed by atoms with E-state index in [1.807, 2.05) is 0 Å². The van der Waals surface area contributed by atoms with Gasteiger partial charge in [0.1, 0.15) is 0 Å². The minimum Gasteiger partial charge on any atom is -0.480 e. The number of pyridine rings is 1. The van der Waals surface area contributed by atoms with Gasteiger partial charge in [0, 0.05) is 6.20 Å². The Bertz CT molecular complexity index is 321. The van der Waals surface area contributed by atoms with E-state index in [2.05, 4.69) is 9.72 Å². The predicted molar refractivity (Wildman–Crippen MR) is 33.5 cm³/mol. The second-order valence-corrected chi connectivity index (χ2v) is 1.81. The third-order valence-corrected chi connectivity index (χ3v) is 1.15. The molecule has 0 fully saturated rings. The van der Waals surface area contributed by atoms with Gasteiger partial charge in [-0.3, -0.25) is 4.79 Å². The lowest BCUT2D eigenvalue weighted by atomic mass is 10.4. The van der Waals surface area contributed by atoms with Gasteiger partial charge < -0.3 is 9.72 Å². The maximum atomic E-state index is 12.6. The molecule has 5 heteroatoms. The Morgan fingerprint density at radius 1 is 1.55 bits per heavy atom. The van der Waals surface area contributed by atoms with Crippen molar-refractivity contribution in [2.24, 2.45) is 0 Å². The van der Waals surface area contributed by atoms with E-state index in [4.69, 9.17) is 0 Å². The van der Waals surface area contributed by atoms with Gasteiger partial charge in [-0.25, -0.2) is 4.39 Å². The Labute approximate surface area is 60.6 Å². The van der Waals surface area contributed by atoms with Crippen molar-refractivity contribution in [3.8, 4) is 5.88 Å². The molecule has 0 spiro atoms. The monoisotopic (exact) mass is 161 g/mol. The highest BCUT2D eigenvalue weighted by Crippen LogP contribution is 2.06. The number of H-pyrrole nitrogens is 1. The first kappa shape index (κ1) is 7.71. The molecule has 60 valence electrons. The van der Waals surface area contributed by atoms with E-state index in [0.717, 1.165) is 6.20 Å². The molecule has 0 aliphatic carbocycles. The molecular formula is C6H5F2NO2. The molecule has 0 radical (unpaired) electrons. The standard InChI is InChI=1S/C6H5F2NO2/c1-11-6-4(8)5(10)3(7)2-9-6/h2H,1H3,(H,9,10). The zero-order chi connectivity index (χ0) is 8.43. The zero-order valence-electron chi connectivity index (χ0n) is 5.65. The third-order valence-electron chi connectivity index (χ3n) is 1.15. The quantitative estimate of drug-likeness (QED) is 0.657. The Kier molecular flexibility index (Phi) is 1.89. The summed E-state index contributed by atoms with van der Waals surface area (Å²) >= 11 is 0. The van der Waals surface area contributed by atoms with E-state index in [1.54, 1.807) is 0 Å². The van der Waals surface area contributed by atoms with Crippen LogP contribution in [0.15, 0.2) is 11.0 Å². The molecule has 0 aromatic carbocycles. The largest absolute Gasteiger partial charge is 0.480 e. The number of hydrogen-bond donors (Lipinski definition) is 1. The summed E-state index contributed by atoms with van der Waals surface area (Å²) in [5.74, 6) is -2.77. The van der Waals surface area contributed by atoms with Gasteiger partial charge in [-0.1, -0.05) is 0 Å². The van der Waals surface area contributed by atoms with Crippen LogP contribution in [0.1, 0.15) is 0 Å². The fourth-order valence-electron chi connectivity index (χ4n) is 0.614. The van der Waals surface area contributed by atoms with E-state index >= 15 is 0 Å². The van der Waals surface area contributed by atoms with Crippen molar-refractivity contribution in [3.05, 3.63) is 28.1 Å². The normalized spacial score (nSPS) is 9.73. The molecule has 11 heavy (non-hydrogen) atoms. The predicted octanol–water partition coefficient (Wildman–Crippen LogP) is 0.662. The van der Waals surface area contributed by atoms with Gasteiger partial charge in [0.15, 0.2) is 5.82 Å². The third kappa shape index (κ3) is 1.21. The number of aromatic amines is 1. The smallest absolute Gasteiger partial charge is 0.256 e. The van der Waals surface area contributed by atoms with E-state index in [1.165, 1.54) is 7.11 Å². The van der Waals surface area contributed by atoms with Crippen molar-refractivity contribution < 1.29 is 13.5 Å². The fourth-order valence-corrected chi connectivity index (χ4v) is 0.614. The molecule has 1 N–H and O–H groups in total. The first-order chi connectivity index (χ1) is 5.16. The lowest BCUT2D eigenvalue weighted by molar-refractivity contribution is 0.362. The number of nitrogens with one attached hydrogen (secondary N) is 1. The molecule has 0 saturated heterocycles. The number of aromatic nitrogens is 1. The molecule has 3 nitrogen and oxygen atoms in total. The average Bonchev–Trinajstić information content (AvgIpc) is 2.01. The summed E-state index contributed by atoms with van der Waals surface area (Å²) in [6.45, 7) is 0. The maximum Gasteiger partial charge on any atom is 0.256 e. The Morgan fingerprint density at radius 3 is 2.73 bits per heavy atom. The SMILES string of the molecule is COc1[nH]cc(F)c(=O)c1F. The summed E-state index contributed by atoms with van der Waals surface area (Å²) in [7, 11) is 1.17. The molecule has 0 amide bonds.